The number of nitrogens with zero attached hydrogens (tertiary/aromatic N) is 3. The van der Waals surface area contributed by atoms with Gasteiger partial charge in [0.2, 0.25) is 15.9 Å². The molecule has 27 heavy (non-hydrogen) atoms. The van der Waals surface area contributed by atoms with Gasteiger partial charge in [-0.3, -0.25) is 9.48 Å². The van der Waals surface area contributed by atoms with Gasteiger partial charge < -0.3 is 5.32 Å². The average Bonchev–Trinajstić information content (AvgIpc) is 2.88. The average molecular weight is 413 g/mol. The molecular weight excluding hydrogens is 388 g/mol. The fourth-order valence-corrected chi connectivity index (χ4v) is 4.46. The van der Waals surface area contributed by atoms with Crippen molar-refractivity contribution in [3.8, 4) is 0 Å². The Balaban J connectivity index is 2.17. The van der Waals surface area contributed by atoms with Gasteiger partial charge in [0.25, 0.3) is 0 Å². The number of carbonyl (C=O) groups excluding carboxylic acids is 1. The third-order valence-corrected chi connectivity index (χ3v) is 6.91. The van der Waals surface area contributed by atoms with Gasteiger partial charge in [-0.05, 0) is 38.5 Å². The van der Waals surface area contributed by atoms with Crippen molar-refractivity contribution in [1.29, 1.82) is 0 Å². The van der Waals surface area contributed by atoms with Crippen molar-refractivity contribution in [2.24, 2.45) is 0 Å². The number of hydrogen-bond acceptors (Lipinski definition) is 4. The van der Waals surface area contributed by atoms with Crippen LogP contribution in [0.15, 0.2) is 29.2 Å². The van der Waals surface area contributed by atoms with E-state index in [0.29, 0.717) is 23.0 Å². The van der Waals surface area contributed by atoms with E-state index < -0.39 is 10.0 Å². The maximum atomic E-state index is 12.7. The summed E-state index contributed by atoms with van der Waals surface area (Å²) < 4.78 is 28.0. The van der Waals surface area contributed by atoms with Gasteiger partial charge in [-0.15, -0.1) is 0 Å². The summed E-state index contributed by atoms with van der Waals surface area (Å²) in [7, 11) is -2.11. The van der Waals surface area contributed by atoms with Crippen LogP contribution in [-0.4, -0.2) is 42.0 Å². The Kier molecular flexibility index (Phi) is 6.67. The molecule has 0 aliphatic heterocycles. The van der Waals surface area contributed by atoms with Gasteiger partial charge in [-0.25, -0.2) is 12.7 Å². The van der Waals surface area contributed by atoms with E-state index in [1.165, 1.54) is 16.0 Å². The topological polar surface area (TPSA) is 84.3 Å². The van der Waals surface area contributed by atoms with E-state index >= 15 is 0 Å². The summed E-state index contributed by atoms with van der Waals surface area (Å²) >= 11 is 5.88. The molecule has 148 valence electrons. The fraction of sp³-hybridized carbons (Fsp3) is 0.444. The van der Waals surface area contributed by atoms with Crippen LogP contribution in [0.25, 0.3) is 0 Å². The number of aromatic nitrogens is 2. The Hall–Kier alpha value is -1.90. The number of amides is 1. The summed E-state index contributed by atoms with van der Waals surface area (Å²) in [6.45, 7) is 7.22. The van der Waals surface area contributed by atoms with Crippen molar-refractivity contribution in [2.45, 2.75) is 45.2 Å². The highest BCUT2D eigenvalue weighted by Crippen LogP contribution is 2.23. The van der Waals surface area contributed by atoms with E-state index in [1.54, 1.807) is 32.9 Å². The molecule has 1 unspecified atom stereocenters. The minimum atomic E-state index is -3.63. The second-order valence-electron chi connectivity index (χ2n) is 6.42. The number of rotatable bonds is 7. The Bertz CT molecular complexity index is 923. The number of nitrogens with one attached hydrogen (secondary N) is 1. The van der Waals surface area contributed by atoms with Gasteiger partial charge in [-0.1, -0.05) is 30.7 Å². The monoisotopic (exact) mass is 412 g/mol. The molecule has 0 saturated carbocycles. The second-order valence-corrected chi connectivity index (χ2v) is 8.84. The molecule has 0 bridgehead atoms. The van der Waals surface area contributed by atoms with Crippen LogP contribution in [0.4, 0.5) is 0 Å². The fourth-order valence-electron chi connectivity index (χ4n) is 2.79. The lowest BCUT2D eigenvalue weighted by molar-refractivity contribution is -0.122. The van der Waals surface area contributed by atoms with Gasteiger partial charge >= 0.3 is 0 Å². The molecule has 0 spiro atoms. The molecule has 2 rings (SSSR count). The second kappa shape index (κ2) is 8.41. The molecule has 1 heterocycles. The Morgan fingerprint density at radius 3 is 2.44 bits per heavy atom. The first kappa shape index (κ1) is 21.4. The number of benzene rings is 1. The quantitative estimate of drug-likeness (QED) is 0.757. The molecule has 0 aliphatic carbocycles. The molecule has 1 N–H and O–H groups in total. The van der Waals surface area contributed by atoms with Crippen LogP contribution < -0.4 is 5.32 Å². The van der Waals surface area contributed by atoms with E-state index in [1.807, 2.05) is 19.1 Å². The first-order chi connectivity index (χ1) is 12.6. The van der Waals surface area contributed by atoms with E-state index in [9.17, 15) is 13.2 Å². The molecule has 0 fully saturated rings. The van der Waals surface area contributed by atoms with E-state index in [0.717, 1.165) is 5.56 Å². The normalized spacial score (nSPS) is 13.0. The lowest BCUT2D eigenvalue weighted by Crippen LogP contribution is -2.31. The predicted octanol–water partition coefficient (Wildman–Crippen LogP) is 2.67. The van der Waals surface area contributed by atoms with Crippen molar-refractivity contribution in [1.82, 2.24) is 19.4 Å². The largest absolute Gasteiger partial charge is 0.348 e. The lowest BCUT2D eigenvalue weighted by atomic mass is 10.1. The predicted molar refractivity (Wildman–Crippen MR) is 105 cm³/mol. The highest BCUT2D eigenvalue weighted by Gasteiger charge is 2.28. The van der Waals surface area contributed by atoms with Gasteiger partial charge in [0.05, 0.1) is 17.4 Å². The molecular formula is C18H25ClN4O3S. The van der Waals surface area contributed by atoms with E-state index in [-0.39, 0.29) is 23.4 Å². The third-order valence-electron chi connectivity index (χ3n) is 4.47. The standard InChI is InChI=1S/C18H25ClN4O3S/c1-6-22(5)27(25,26)18-13(3)21-23(14(18)4)11-17(24)20-12(2)15-7-9-16(19)10-8-15/h7-10,12H,6,11H2,1-5H3,(H,20,24). The first-order valence-corrected chi connectivity index (χ1v) is 10.4. The zero-order valence-electron chi connectivity index (χ0n) is 16.2. The van der Waals surface area contributed by atoms with Gasteiger partial charge in [0, 0.05) is 18.6 Å². The number of sulfonamides is 1. The summed E-state index contributed by atoms with van der Waals surface area (Å²) in [5, 5.41) is 7.78. The SMILES string of the molecule is CCN(C)S(=O)(=O)c1c(C)nn(CC(=O)NC(C)c2ccc(Cl)cc2)c1C. The molecule has 1 aromatic carbocycles. The Labute approximate surface area is 165 Å². The number of halogens is 1. The van der Waals surface area contributed by atoms with Gasteiger partial charge in [0.1, 0.15) is 11.4 Å². The Morgan fingerprint density at radius 1 is 1.30 bits per heavy atom. The van der Waals surface area contributed by atoms with Crippen LogP contribution in [0, 0.1) is 13.8 Å². The summed E-state index contributed by atoms with van der Waals surface area (Å²) in [6.07, 6.45) is 0. The van der Waals surface area contributed by atoms with E-state index in [2.05, 4.69) is 10.4 Å². The van der Waals surface area contributed by atoms with Crippen molar-refractivity contribution in [3.05, 3.63) is 46.2 Å². The van der Waals surface area contributed by atoms with Crippen LogP contribution in [0.3, 0.4) is 0 Å². The number of hydrogen-bond donors (Lipinski definition) is 1. The highest BCUT2D eigenvalue weighted by molar-refractivity contribution is 7.89. The van der Waals surface area contributed by atoms with Gasteiger partial charge in [-0.2, -0.15) is 5.10 Å². The van der Waals surface area contributed by atoms with E-state index in [4.69, 9.17) is 11.6 Å². The van der Waals surface area contributed by atoms with Crippen molar-refractivity contribution < 1.29 is 13.2 Å². The summed E-state index contributed by atoms with van der Waals surface area (Å²) in [4.78, 5) is 12.6. The summed E-state index contributed by atoms with van der Waals surface area (Å²) in [6, 6.07) is 7.02. The van der Waals surface area contributed by atoms with Crippen molar-refractivity contribution in [3.63, 3.8) is 0 Å². The zero-order chi connectivity index (χ0) is 20.4. The van der Waals surface area contributed by atoms with Crippen LogP contribution in [0.1, 0.15) is 36.8 Å². The molecule has 0 radical (unpaired) electrons. The molecule has 0 aliphatic rings. The summed E-state index contributed by atoms with van der Waals surface area (Å²) in [5.74, 6) is -0.254. The molecule has 1 amide bonds. The van der Waals surface area contributed by atoms with Crippen molar-refractivity contribution in [2.75, 3.05) is 13.6 Å². The number of aryl methyl sites for hydroxylation is 1. The van der Waals surface area contributed by atoms with Crippen LogP contribution in [0.2, 0.25) is 5.02 Å². The van der Waals surface area contributed by atoms with Crippen LogP contribution in [0.5, 0.6) is 0 Å². The molecule has 1 aromatic heterocycles. The molecule has 9 heteroatoms. The summed E-state index contributed by atoms with van der Waals surface area (Å²) in [5.41, 5.74) is 1.75. The Morgan fingerprint density at radius 2 is 1.89 bits per heavy atom. The lowest BCUT2D eigenvalue weighted by Gasteiger charge is -2.16. The molecule has 2 aromatic rings. The minimum Gasteiger partial charge on any atom is -0.348 e. The smallest absolute Gasteiger partial charge is 0.246 e. The molecule has 0 saturated heterocycles. The van der Waals surface area contributed by atoms with Crippen LogP contribution >= 0.6 is 11.6 Å². The highest BCUT2D eigenvalue weighted by atomic mass is 35.5. The maximum Gasteiger partial charge on any atom is 0.246 e. The van der Waals surface area contributed by atoms with Crippen molar-refractivity contribution >= 4 is 27.5 Å². The molecule has 7 nitrogen and oxygen atoms in total. The molecule has 1 atom stereocenters. The van der Waals surface area contributed by atoms with Crippen LogP contribution in [-0.2, 0) is 21.4 Å². The first-order valence-electron chi connectivity index (χ1n) is 8.63. The van der Waals surface area contributed by atoms with Gasteiger partial charge in [0.15, 0.2) is 0 Å². The number of carbonyl (C=O) groups is 1. The zero-order valence-corrected chi connectivity index (χ0v) is 17.7. The maximum absolute atomic E-state index is 12.7. The minimum absolute atomic E-state index is 0.0596. The third kappa shape index (κ3) is 4.69.